The van der Waals surface area contributed by atoms with E-state index >= 15 is 0 Å². The molecule has 36 heavy (non-hydrogen) atoms. The number of aromatic nitrogens is 3. The van der Waals surface area contributed by atoms with Crippen LogP contribution >= 0.6 is 11.9 Å². The molecule has 1 aliphatic rings. The summed E-state index contributed by atoms with van der Waals surface area (Å²) in [6.45, 7) is 12.2. The predicted molar refractivity (Wildman–Crippen MR) is 147 cm³/mol. The van der Waals surface area contributed by atoms with Crippen LogP contribution in [0.25, 0.3) is 22.6 Å². The first-order chi connectivity index (χ1) is 17.5. The summed E-state index contributed by atoms with van der Waals surface area (Å²) in [4.78, 5) is 12.1. The molecule has 0 spiro atoms. The second kappa shape index (κ2) is 13.6. The van der Waals surface area contributed by atoms with Gasteiger partial charge < -0.3 is 24.6 Å². The third-order valence-corrected chi connectivity index (χ3v) is 6.68. The molecule has 2 aromatic heterocycles. The highest BCUT2D eigenvalue weighted by Gasteiger charge is 2.22. The van der Waals surface area contributed by atoms with E-state index in [1.54, 1.807) is 19.0 Å². The summed E-state index contributed by atoms with van der Waals surface area (Å²) in [6.07, 6.45) is 1.53. The van der Waals surface area contributed by atoms with Crippen molar-refractivity contribution < 1.29 is 14.4 Å². The smallest absolute Gasteiger partial charge is 0.162 e. The maximum Gasteiger partial charge on any atom is 0.162 e. The largest absolute Gasteiger partial charge is 0.491 e. The normalized spacial score (nSPS) is 14.8. The van der Waals surface area contributed by atoms with Crippen molar-refractivity contribution in [2.75, 3.05) is 57.5 Å². The first kappa shape index (κ1) is 27.9. The van der Waals surface area contributed by atoms with E-state index in [2.05, 4.69) is 25.9 Å². The molecule has 1 fully saturated rings. The van der Waals surface area contributed by atoms with Crippen molar-refractivity contribution in [3.8, 4) is 28.4 Å². The molecular formula is C26H38N6O3S. The molecular weight excluding hydrogens is 476 g/mol. The van der Waals surface area contributed by atoms with E-state index in [9.17, 15) is 5.11 Å². The van der Waals surface area contributed by atoms with E-state index in [0.29, 0.717) is 18.1 Å². The van der Waals surface area contributed by atoms with Crippen molar-refractivity contribution in [2.24, 2.45) is 0 Å². The fourth-order valence-corrected chi connectivity index (χ4v) is 4.54. The standard InChI is InChI=1S/C24H32N6O3S.C2H6/c1-16-23(17(2)33-28-16)21-13-22(29-8-10-30(34-4)11-9-29)27-24(26-21)18-6-5-7-20(12-18)32-15-19(31)14-25-3;1-2/h5-7,12-13,19,25,31H,8-11,14-15H2,1-4H3;1-2H3. The highest BCUT2D eigenvalue weighted by molar-refractivity contribution is 7.96. The Morgan fingerprint density at radius 3 is 2.53 bits per heavy atom. The summed E-state index contributed by atoms with van der Waals surface area (Å²) >= 11 is 1.78. The van der Waals surface area contributed by atoms with Crippen molar-refractivity contribution in [3.05, 3.63) is 41.8 Å². The summed E-state index contributed by atoms with van der Waals surface area (Å²) in [6, 6.07) is 9.69. The summed E-state index contributed by atoms with van der Waals surface area (Å²) in [5.74, 6) is 2.89. The molecule has 9 nitrogen and oxygen atoms in total. The highest BCUT2D eigenvalue weighted by Crippen LogP contribution is 2.31. The molecule has 3 heterocycles. The van der Waals surface area contributed by atoms with Gasteiger partial charge in [0.15, 0.2) is 5.82 Å². The molecule has 1 aromatic carbocycles. The number of nitrogens with zero attached hydrogens (tertiary/aromatic N) is 5. The van der Waals surface area contributed by atoms with Crippen molar-refractivity contribution in [1.29, 1.82) is 0 Å². The second-order valence-corrected chi connectivity index (χ2v) is 9.16. The number of likely N-dealkylation sites (N-methyl/N-ethyl adjacent to an activating group) is 1. The van der Waals surface area contributed by atoms with Gasteiger partial charge in [0.25, 0.3) is 0 Å². The molecule has 1 unspecified atom stereocenters. The van der Waals surface area contributed by atoms with Gasteiger partial charge in [0, 0.05) is 44.4 Å². The van der Waals surface area contributed by atoms with Crippen LogP contribution in [0.1, 0.15) is 25.3 Å². The minimum Gasteiger partial charge on any atom is -0.491 e. The van der Waals surface area contributed by atoms with Gasteiger partial charge >= 0.3 is 0 Å². The molecule has 196 valence electrons. The van der Waals surface area contributed by atoms with Gasteiger partial charge in [0.05, 0.1) is 17.0 Å². The second-order valence-electron chi connectivity index (χ2n) is 8.28. The van der Waals surface area contributed by atoms with Crippen LogP contribution in [0.3, 0.4) is 0 Å². The average molecular weight is 515 g/mol. The number of nitrogens with one attached hydrogen (secondary N) is 1. The van der Waals surface area contributed by atoms with E-state index in [-0.39, 0.29) is 6.61 Å². The topological polar surface area (TPSA) is 99.8 Å². The fraction of sp³-hybridized carbons (Fsp3) is 0.500. The molecule has 0 bridgehead atoms. The summed E-state index contributed by atoms with van der Waals surface area (Å²) in [5, 5.41) is 17.0. The lowest BCUT2D eigenvalue weighted by atomic mass is 10.1. The monoisotopic (exact) mass is 514 g/mol. The lowest BCUT2D eigenvalue weighted by Gasteiger charge is -2.34. The summed E-state index contributed by atoms with van der Waals surface area (Å²) in [7, 11) is 1.80. The zero-order chi connectivity index (χ0) is 26.1. The molecule has 3 aromatic rings. The third kappa shape index (κ3) is 6.97. The number of hydrogen-bond donors (Lipinski definition) is 2. The van der Waals surface area contributed by atoms with Crippen LogP contribution in [0.5, 0.6) is 5.75 Å². The molecule has 4 rings (SSSR count). The Hall–Kier alpha value is -2.66. The zero-order valence-electron chi connectivity index (χ0n) is 22.1. The van der Waals surface area contributed by atoms with Crippen LogP contribution in [0.4, 0.5) is 5.82 Å². The minimum atomic E-state index is -0.584. The molecule has 0 amide bonds. The number of aliphatic hydroxyl groups is 1. The Balaban J connectivity index is 0.00000176. The lowest BCUT2D eigenvalue weighted by molar-refractivity contribution is 0.108. The van der Waals surface area contributed by atoms with Crippen LogP contribution < -0.4 is 15.0 Å². The lowest BCUT2D eigenvalue weighted by Crippen LogP contribution is -2.43. The van der Waals surface area contributed by atoms with Gasteiger partial charge in [0.1, 0.15) is 30.0 Å². The van der Waals surface area contributed by atoms with E-state index in [1.807, 2.05) is 58.0 Å². The maximum absolute atomic E-state index is 9.97. The number of rotatable bonds is 9. The van der Waals surface area contributed by atoms with Crippen LogP contribution in [-0.4, -0.2) is 83.3 Å². The number of aliphatic hydroxyl groups excluding tert-OH is 1. The van der Waals surface area contributed by atoms with Crippen molar-refractivity contribution >= 4 is 17.8 Å². The van der Waals surface area contributed by atoms with Gasteiger partial charge in [-0.1, -0.05) is 43.1 Å². The van der Waals surface area contributed by atoms with Gasteiger partial charge in [-0.15, -0.1) is 0 Å². The Kier molecular flexibility index (Phi) is 10.5. The molecule has 2 N–H and O–H groups in total. The number of hydrogen-bond acceptors (Lipinski definition) is 10. The van der Waals surface area contributed by atoms with Crippen molar-refractivity contribution in [2.45, 2.75) is 33.8 Å². The van der Waals surface area contributed by atoms with Crippen molar-refractivity contribution in [1.82, 2.24) is 24.7 Å². The van der Waals surface area contributed by atoms with Crippen LogP contribution in [0.2, 0.25) is 0 Å². The highest BCUT2D eigenvalue weighted by atomic mass is 32.2. The molecule has 0 saturated carbocycles. The van der Waals surface area contributed by atoms with Gasteiger partial charge in [-0.05, 0) is 39.3 Å². The summed E-state index contributed by atoms with van der Waals surface area (Å²) in [5.41, 5.74) is 3.34. The van der Waals surface area contributed by atoms with Gasteiger partial charge in [-0.3, -0.25) is 0 Å². The molecule has 0 aliphatic carbocycles. The van der Waals surface area contributed by atoms with Crippen molar-refractivity contribution in [3.63, 3.8) is 0 Å². The van der Waals surface area contributed by atoms with Gasteiger partial charge in [-0.2, -0.15) is 0 Å². The number of benzene rings is 1. The van der Waals surface area contributed by atoms with Crippen LogP contribution in [-0.2, 0) is 0 Å². The van der Waals surface area contributed by atoms with E-state index in [1.165, 1.54) is 0 Å². The zero-order valence-corrected chi connectivity index (χ0v) is 22.9. The number of ether oxygens (including phenoxy) is 1. The molecule has 1 atom stereocenters. The van der Waals surface area contributed by atoms with E-state index < -0.39 is 6.10 Å². The Labute approximate surface area is 218 Å². The van der Waals surface area contributed by atoms with Gasteiger partial charge in [-0.25, -0.2) is 14.3 Å². The Morgan fingerprint density at radius 1 is 1.14 bits per heavy atom. The number of anilines is 1. The SMILES string of the molecule is CC.CNCC(O)COc1cccc(-c2nc(-c3c(C)noc3C)cc(N3CCN(SC)CC3)n2)c1. The molecule has 1 aliphatic heterocycles. The molecule has 0 radical (unpaired) electrons. The first-order valence-electron chi connectivity index (χ1n) is 12.4. The van der Waals surface area contributed by atoms with Crippen LogP contribution in [0, 0.1) is 13.8 Å². The fourth-order valence-electron chi connectivity index (χ4n) is 4.01. The van der Waals surface area contributed by atoms with Gasteiger partial charge in [0.2, 0.25) is 0 Å². The predicted octanol–water partition coefficient (Wildman–Crippen LogP) is 3.80. The molecule has 10 heteroatoms. The summed E-state index contributed by atoms with van der Waals surface area (Å²) < 4.78 is 13.6. The van der Waals surface area contributed by atoms with Crippen LogP contribution in [0.15, 0.2) is 34.9 Å². The van der Waals surface area contributed by atoms with E-state index in [0.717, 1.165) is 60.3 Å². The minimum absolute atomic E-state index is 0.204. The van der Waals surface area contributed by atoms with E-state index in [4.69, 9.17) is 19.2 Å². The molecule has 1 saturated heterocycles. The first-order valence-corrected chi connectivity index (χ1v) is 13.6. The Bertz CT molecular complexity index is 1080. The maximum atomic E-state index is 9.97. The number of aryl methyl sites for hydroxylation is 2. The third-order valence-electron chi connectivity index (χ3n) is 5.80. The average Bonchev–Trinajstić information content (AvgIpc) is 3.26. The number of piperazine rings is 1. The quantitative estimate of drug-likeness (QED) is 0.410. The Morgan fingerprint density at radius 2 is 1.89 bits per heavy atom.